The van der Waals surface area contributed by atoms with E-state index in [2.05, 4.69) is 5.32 Å². The Balaban J connectivity index is 0.00000180. The monoisotopic (exact) mass is 311 g/mol. The smallest absolute Gasteiger partial charge is 0.281 e. The van der Waals surface area contributed by atoms with Crippen molar-refractivity contribution in [2.24, 2.45) is 0 Å². The van der Waals surface area contributed by atoms with Gasteiger partial charge in [-0.05, 0) is 38.8 Å². The lowest BCUT2D eigenvalue weighted by Crippen LogP contribution is -2.49. The summed E-state index contributed by atoms with van der Waals surface area (Å²) in [5.41, 5.74) is 0. The molecule has 0 unspecified atom stereocenters. The number of hydrogen-bond acceptors (Lipinski definition) is 3. The quantitative estimate of drug-likeness (QED) is 0.852. The van der Waals surface area contributed by atoms with E-state index in [1.165, 1.54) is 0 Å². The summed E-state index contributed by atoms with van der Waals surface area (Å²) in [6, 6.07) is 0.166. The lowest BCUT2D eigenvalue weighted by atomic mass is 10.1. The maximum Gasteiger partial charge on any atom is 0.281 e. The van der Waals surface area contributed by atoms with Crippen LogP contribution >= 0.6 is 12.4 Å². The van der Waals surface area contributed by atoms with Crippen molar-refractivity contribution in [2.75, 3.05) is 33.2 Å². The maximum absolute atomic E-state index is 12.6. The first kappa shape index (κ1) is 17.2. The Morgan fingerprint density at radius 1 is 1.05 bits per heavy atom. The molecule has 0 aromatic heterocycles. The van der Waals surface area contributed by atoms with E-state index in [0.29, 0.717) is 13.1 Å². The van der Waals surface area contributed by atoms with Gasteiger partial charge in [0.1, 0.15) is 0 Å². The Hall–Kier alpha value is 0.120. The zero-order valence-corrected chi connectivity index (χ0v) is 13.3. The van der Waals surface area contributed by atoms with Crippen LogP contribution in [0.1, 0.15) is 38.5 Å². The van der Waals surface area contributed by atoms with Gasteiger partial charge in [0.2, 0.25) is 0 Å². The number of nitrogens with zero attached hydrogens (tertiary/aromatic N) is 2. The molecule has 2 saturated heterocycles. The fraction of sp³-hybridized carbons (Fsp3) is 1.00. The summed E-state index contributed by atoms with van der Waals surface area (Å²) >= 11 is 0. The SMILES string of the molecule is CN(C1CCNCC1)S(=O)(=O)N1CCCCCC1.Cl. The highest BCUT2D eigenvalue weighted by Gasteiger charge is 2.32. The molecule has 2 fully saturated rings. The highest BCUT2D eigenvalue weighted by Crippen LogP contribution is 2.20. The summed E-state index contributed by atoms with van der Waals surface area (Å²) in [6.45, 7) is 3.23. The van der Waals surface area contributed by atoms with Crippen molar-refractivity contribution in [3.05, 3.63) is 0 Å². The molecule has 0 atom stereocenters. The summed E-state index contributed by atoms with van der Waals surface area (Å²) < 4.78 is 28.4. The minimum Gasteiger partial charge on any atom is -0.317 e. The standard InChI is InChI=1S/C12H25N3O2S.ClH/c1-14(12-6-8-13-9-7-12)18(16,17)15-10-4-2-3-5-11-15;/h12-13H,2-11H2,1H3;1H. The Labute approximate surface area is 123 Å². The lowest BCUT2D eigenvalue weighted by Gasteiger charge is -2.34. The number of rotatable bonds is 3. The van der Waals surface area contributed by atoms with Crippen molar-refractivity contribution in [3.63, 3.8) is 0 Å². The minimum absolute atomic E-state index is 0. The van der Waals surface area contributed by atoms with Crippen molar-refractivity contribution in [1.82, 2.24) is 13.9 Å². The number of halogens is 1. The van der Waals surface area contributed by atoms with Crippen LogP contribution in [0.3, 0.4) is 0 Å². The number of hydrogen-bond donors (Lipinski definition) is 1. The average Bonchev–Trinajstić information content (AvgIpc) is 2.68. The highest BCUT2D eigenvalue weighted by atomic mass is 35.5. The molecule has 0 aliphatic carbocycles. The molecular weight excluding hydrogens is 286 g/mol. The summed E-state index contributed by atoms with van der Waals surface area (Å²) in [6.07, 6.45) is 6.15. The molecule has 7 heteroatoms. The molecule has 2 heterocycles. The third kappa shape index (κ3) is 4.29. The molecule has 19 heavy (non-hydrogen) atoms. The van der Waals surface area contributed by atoms with Gasteiger partial charge in [0.25, 0.3) is 10.2 Å². The molecule has 0 saturated carbocycles. The minimum atomic E-state index is -3.25. The van der Waals surface area contributed by atoms with Crippen LogP contribution in [0.25, 0.3) is 0 Å². The molecule has 114 valence electrons. The first-order chi connectivity index (χ1) is 8.62. The van der Waals surface area contributed by atoms with E-state index < -0.39 is 10.2 Å². The van der Waals surface area contributed by atoms with E-state index in [4.69, 9.17) is 0 Å². The van der Waals surface area contributed by atoms with Crippen molar-refractivity contribution >= 4 is 22.6 Å². The van der Waals surface area contributed by atoms with Gasteiger partial charge in [-0.2, -0.15) is 17.0 Å². The first-order valence-corrected chi connectivity index (χ1v) is 8.46. The zero-order chi connectivity index (χ0) is 13.0. The molecule has 2 aliphatic rings. The van der Waals surface area contributed by atoms with E-state index in [0.717, 1.165) is 51.6 Å². The van der Waals surface area contributed by atoms with Gasteiger partial charge >= 0.3 is 0 Å². The van der Waals surface area contributed by atoms with Crippen LogP contribution in [0, 0.1) is 0 Å². The van der Waals surface area contributed by atoms with Gasteiger partial charge in [-0.1, -0.05) is 12.8 Å². The van der Waals surface area contributed by atoms with Crippen LogP contribution in [-0.2, 0) is 10.2 Å². The Morgan fingerprint density at radius 2 is 1.58 bits per heavy atom. The van der Waals surface area contributed by atoms with Gasteiger partial charge in [0.15, 0.2) is 0 Å². The summed E-state index contributed by atoms with van der Waals surface area (Å²) in [7, 11) is -1.50. The van der Waals surface area contributed by atoms with Crippen LogP contribution in [0.2, 0.25) is 0 Å². The average molecular weight is 312 g/mol. The molecule has 2 rings (SSSR count). The molecule has 0 radical (unpaired) electrons. The van der Waals surface area contributed by atoms with Crippen LogP contribution < -0.4 is 5.32 Å². The lowest BCUT2D eigenvalue weighted by molar-refractivity contribution is 0.271. The van der Waals surface area contributed by atoms with E-state index in [9.17, 15) is 8.42 Å². The van der Waals surface area contributed by atoms with Gasteiger partial charge in [-0.25, -0.2) is 0 Å². The second-order valence-electron chi connectivity index (χ2n) is 5.32. The van der Waals surface area contributed by atoms with Crippen molar-refractivity contribution < 1.29 is 8.42 Å². The maximum atomic E-state index is 12.6. The molecule has 2 aliphatic heterocycles. The molecule has 0 aromatic carbocycles. The van der Waals surface area contributed by atoms with Crippen LogP contribution in [-0.4, -0.2) is 56.3 Å². The topological polar surface area (TPSA) is 52.7 Å². The Bertz CT molecular complexity index is 350. The number of piperidine rings is 1. The van der Waals surface area contributed by atoms with Crippen molar-refractivity contribution in [2.45, 2.75) is 44.6 Å². The molecule has 0 bridgehead atoms. The van der Waals surface area contributed by atoms with E-state index in [-0.39, 0.29) is 18.4 Å². The third-order valence-corrected chi connectivity index (χ3v) is 6.12. The zero-order valence-electron chi connectivity index (χ0n) is 11.7. The van der Waals surface area contributed by atoms with Gasteiger partial charge < -0.3 is 5.32 Å². The predicted octanol–water partition coefficient (Wildman–Crippen LogP) is 1.21. The molecule has 5 nitrogen and oxygen atoms in total. The summed E-state index contributed by atoms with van der Waals surface area (Å²) in [4.78, 5) is 0. The number of nitrogens with one attached hydrogen (secondary N) is 1. The third-order valence-electron chi connectivity index (χ3n) is 4.08. The normalized spacial score (nSPS) is 23.9. The molecular formula is C12H26ClN3O2S. The Morgan fingerprint density at radius 3 is 2.11 bits per heavy atom. The van der Waals surface area contributed by atoms with Gasteiger partial charge in [-0.3, -0.25) is 0 Å². The van der Waals surface area contributed by atoms with E-state index in [1.807, 2.05) is 0 Å². The Kier molecular flexibility index (Phi) is 7.04. The second-order valence-corrected chi connectivity index (χ2v) is 7.31. The van der Waals surface area contributed by atoms with Crippen LogP contribution in [0.5, 0.6) is 0 Å². The van der Waals surface area contributed by atoms with E-state index >= 15 is 0 Å². The van der Waals surface area contributed by atoms with Crippen LogP contribution in [0.4, 0.5) is 0 Å². The van der Waals surface area contributed by atoms with Crippen LogP contribution in [0.15, 0.2) is 0 Å². The molecule has 0 spiro atoms. The summed E-state index contributed by atoms with van der Waals surface area (Å²) in [5, 5.41) is 3.28. The highest BCUT2D eigenvalue weighted by molar-refractivity contribution is 7.86. The van der Waals surface area contributed by atoms with Crippen molar-refractivity contribution in [3.8, 4) is 0 Å². The summed E-state index contributed by atoms with van der Waals surface area (Å²) in [5.74, 6) is 0. The molecule has 0 aromatic rings. The van der Waals surface area contributed by atoms with Crippen molar-refractivity contribution in [1.29, 1.82) is 0 Å². The van der Waals surface area contributed by atoms with E-state index in [1.54, 1.807) is 15.7 Å². The predicted molar refractivity (Wildman–Crippen MR) is 79.9 cm³/mol. The van der Waals surface area contributed by atoms with Gasteiger partial charge in [0.05, 0.1) is 0 Å². The molecule has 0 amide bonds. The first-order valence-electron chi connectivity index (χ1n) is 7.06. The fourth-order valence-electron chi connectivity index (χ4n) is 2.81. The second kappa shape index (κ2) is 7.78. The largest absolute Gasteiger partial charge is 0.317 e. The van der Waals surface area contributed by atoms with Gasteiger partial charge in [0, 0.05) is 26.2 Å². The van der Waals surface area contributed by atoms with Gasteiger partial charge in [-0.15, -0.1) is 12.4 Å². The fourth-order valence-corrected chi connectivity index (χ4v) is 4.48. The molecule has 1 N–H and O–H groups in total.